The molecule has 1 fully saturated rings. The van der Waals surface area contributed by atoms with Crippen LogP contribution in [0.2, 0.25) is 5.02 Å². The number of tetrazole rings is 1. The van der Waals surface area contributed by atoms with E-state index in [2.05, 4.69) is 20.6 Å². The number of hydrogen-bond donors (Lipinski definition) is 1. The number of nitrogens with zero attached hydrogens (tertiary/aromatic N) is 4. The number of imide groups is 1. The molecule has 0 spiro atoms. The third-order valence-corrected chi connectivity index (χ3v) is 5.61. The van der Waals surface area contributed by atoms with Crippen LogP contribution in [0.3, 0.4) is 0 Å². The quantitative estimate of drug-likeness (QED) is 0.711. The first-order chi connectivity index (χ1) is 14.4. The highest BCUT2D eigenvalue weighted by Gasteiger charge is 2.35. The Kier molecular flexibility index (Phi) is 7.15. The monoisotopic (exact) mass is 433 g/mol. The van der Waals surface area contributed by atoms with Crippen molar-refractivity contribution in [1.29, 1.82) is 0 Å². The number of benzene rings is 1. The van der Waals surface area contributed by atoms with Crippen molar-refractivity contribution in [2.75, 3.05) is 13.7 Å². The number of carbonyl (C=O) groups is 3. The standard InChI is InChI=1S/C20H24ClN5O4/c1-3-12(19-22-24-25-23-19)10-18(28)26-11-16(27)6-4-13(20(26)29)8-14-9-15(21)5-7-17(14)30-2/h5,7,9,12-13H,3-4,6,8,10-11H2,1-2H3,(H,22,23,24,25)/t12-,13?/m0/s1. The van der Waals surface area contributed by atoms with Crippen LogP contribution in [-0.2, 0) is 20.8 Å². The molecular weight excluding hydrogens is 410 g/mol. The van der Waals surface area contributed by atoms with Crippen LogP contribution in [-0.4, -0.2) is 56.8 Å². The van der Waals surface area contributed by atoms with Crippen LogP contribution in [0.4, 0.5) is 0 Å². The number of methoxy groups -OCH3 is 1. The van der Waals surface area contributed by atoms with Crippen LogP contribution in [0.1, 0.15) is 49.9 Å². The molecule has 0 radical (unpaired) electrons. The first-order valence-corrected chi connectivity index (χ1v) is 10.2. The minimum Gasteiger partial charge on any atom is -0.496 e. The highest BCUT2D eigenvalue weighted by molar-refractivity contribution is 6.30. The summed E-state index contributed by atoms with van der Waals surface area (Å²) >= 11 is 6.11. The van der Waals surface area contributed by atoms with Crippen molar-refractivity contribution in [2.24, 2.45) is 5.92 Å². The van der Waals surface area contributed by atoms with Gasteiger partial charge in [0.1, 0.15) is 5.75 Å². The van der Waals surface area contributed by atoms with Gasteiger partial charge in [0.15, 0.2) is 11.6 Å². The Morgan fingerprint density at radius 1 is 1.40 bits per heavy atom. The number of amides is 2. The second kappa shape index (κ2) is 9.80. The molecule has 0 saturated carbocycles. The second-order valence-electron chi connectivity index (χ2n) is 7.33. The number of aromatic amines is 1. The Bertz CT molecular complexity index is 918. The number of H-pyrrole nitrogens is 1. The third kappa shape index (κ3) is 5.02. The van der Waals surface area contributed by atoms with Crippen molar-refractivity contribution >= 4 is 29.2 Å². The van der Waals surface area contributed by atoms with Crippen molar-refractivity contribution < 1.29 is 19.1 Å². The molecule has 0 bridgehead atoms. The average molecular weight is 434 g/mol. The van der Waals surface area contributed by atoms with E-state index < -0.39 is 11.8 Å². The molecule has 30 heavy (non-hydrogen) atoms. The summed E-state index contributed by atoms with van der Waals surface area (Å²) in [5.74, 6) is -0.661. The Balaban J connectivity index is 1.79. The minimum absolute atomic E-state index is 0.0300. The van der Waals surface area contributed by atoms with E-state index in [1.165, 1.54) is 0 Å². The predicted octanol–water partition coefficient (Wildman–Crippen LogP) is 2.32. The summed E-state index contributed by atoms with van der Waals surface area (Å²) in [6.07, 6.45) is 1.58. The Labute approximate surface area is 179 Å². The van der Waals surface area contributed by atoms with Gasteiger partial charge in [0.25, 0.3) is 0 Å². The van der Waals surface area contributed by atoms with E-state index in [0.29, 0.717) is 35.9 Å². The highest BCUT2D eigenvalue weighted by Crippen LogP contribution is 2.29. The SMILES string of the molecule is CC[C@@H](CC(=O)N1CC(=O)CCC(Cc2cc(Cl)ccc2OC)C1=O)c1nn[nH]n1. The largest absolute Gasteiger partial charge is 0.496 e. The number of ketones is 1. The predicted molar refractivity (Wildman–Crippen MR) is 108 cm³/mol. The molecular formula is C20H24ClN5O4. The van der Waals surface area contributed by atoms with Gasteiger partial charge < -0.3 is 4.74 Å². The summed E-state index contributed by atoms with van der Waals surface area (Å²) in [5, 5.41) is 14.3. The van der Waals surface area contributed by atoms with Gasteiger partial charge in [-0.15, -0.1) is 10.2 Å². The molecule has 0 aliphatic carbocycles. The zero-order valence-electron chi connectivity index (χ0n) is 16.9. The number of rotatable bonds is 7. The molecule has 1 N–H and O–H groups in total. The molecule has 1 saturated heterocycles. The number of aromatic nitrogens is 4. The van der Waals surface area contributed by atoms with Gasteiger partial charge in [-0.25, -0.2) is 0 Å². The number of Topliss-reactive ketones (excluding diaryl/α,β-unsaturated/α-hetero) is 1. The molecule has 1 aliphatic rings. The molecule has 1 unspecified atom stereocenters. The maximum absolute atomic E-state index is 13.2. The van der Waals surface area contributed by atoms with Gasteiger partial charge in [0, 0.05) is 29.7 Å². The highest BCUT2D eigenvalue weighted by atomic mass is 35.5. The first kappa shape index (κ1) is 21.9. The molecule has 2 heterocycles. The van der Waals surface area contributed by atoms with E-state index in [1.807, 2.05) is 6.92 Å². The van der Waals surface area contributed by atoms with E-state index in [0.717, 1.165) is 10.5 Å². The number of hydrogen-bond acceptors (Lipinski definition) is 7. The summed E-state index contributed by atoms with van der Waals surface area (Å²) in [4.78, 5) is 39.5. The Hall–Kier alpha value is -2.81. The molecule has 2 amide bonds. The molecule has 9 nitrogen and oxygen atoms in total. The van der Waals surface area contributed by atoms with Crippen LogP contribution in [0.5, 0.6) is 5.75 Å². The fourth-order valence-corrected chi connectivity index (χ4v) is 3.86. The third-order valence-electron chi connectivity index (χ3n) is 5.37. The number of likely N-dealkylation sites (tertiary alicyclic amines) is 1. The summed E-state index contributed by atoms with van der Waals surface area (Å²) in [7, 11) is 1.55. The smallest absolute Gasteiger partial charge is 0.233 e. The van der Waals surface area contributed by atoms with Crippen molar-refractivity contribution in [3.05, 3.63) is 34.6 Å². The molecule has 10 heteroatoms. The van der Waals surface area contributed by atoms with Crippen LogP contribution in [0.15, 0.2) is 18.2 Å². The van der Waals surface area contributed by atoms with Crippen LogP contribution in [0, 0.1) is 5.92 Å². The van der Waals surface area contributed by atoms with Gasteiger partial charge in [-0.1, -0.05) is 23.7 Å². The lowest BCUT2D eigenvalue weighted by molar-refractivity contribution is -0.148. The second-order valence-corrected chi connectivity index (χ2v) is 7.77. The lowest BCUT2D eigenvalue weighted by Gasteiger charge is -2.24. The average Bonchev–Trinajstić information content (AvgIpc) is 3.22. The minimum atomic E-state index is -0.516. The van der Waals surface area contributed by atoms with Gasteiger partial charge in [-0.2, -0.15) is 5.21 Å². The topological polar surface area (TPSA) is 118 Å². The molecule has 1 aromatic carbocycles. The molecule has 2 aromatic rings. The van der Waals surface area contributed by atoms with Gasteiger partial charge in [0.05, 0.1) is 13.7 Å². The number of ether oxygens (including phenoxy) is 1. The van der Waals surface area contributed by atoms with Crippen LogP contribution >= 0.6 is 11.6 Å². The maximum Gasteiger partial charge on any atom is 0.233 e. The van der Waals surface area contributed by atoms with E-state index in [-0.39, 0.29) is 37.0 Å². The molecule has 3 rings (SSSR count). The normalized spacial score (nSPS) is 18.2. The van der Waals surface area contributed by atoms with E-state index >= 15 is 0 Å². The zero-order valence-corrected chi connectivity index (χ0v) is 17.7. The maximum atomic E-state index is 13.2. The van der Waals surface area contributed by atoms with Gasteiger partial charge >= 0.3 is 0 Å². The van der Waals surface area contributed by atoms with Crippen molar-refractivity contribution in [1.82, 2.24) is 25.5 Å². The first-order valence-electron chi connectivity index (χ1n) is 9.84. The number of carbonyl (C=O) groups excluding carboxylic acids is 3. The van der Waals surface area contributed by atoms with Gasteiger partial charge in [-0.3, -0.25) is 19.3 Å². The van der Waals surface area contributed by atoms with Crippen molar-refractivity contribution in [3.63, 3.8) is 0 Å². The van der Waals surface area contributed by atoms with E-state index in [9.17, 15) is 14.4 Å². The lowest BCUT2D eigenvalue weighted by atomic mass is 9.93. The van der Waals surface area contributed by atoms with Crippen molar-refractivity contribution in [2.45, 2.75) is 44.9 Å². The summed E-state index contributed by atoms with van der Waals surface area (Å²) in [5.41, 5.74) is 0.767. The Morgan fingerprint density at radius 2 is 2.20 bits per heavy atom. The summed E-state index contributed by atoms with van der Waals surface area (Å²) < 4.78 is 5.37. The van der Waals surface area contributed by atoms with Crippen LogP contribution in [0.25, 0.3) is 0 Å². The molecule has 1 aromatic heterocycles. The summed E-state index contributed by atoms with van der Waals surface area (Å²) in [6.45, 7) is 1.70. The molecule has 1 aliphatic heterocycles. The zero-order chi connectivity index (χ0) is 21.7. The number of nitrogens with one attached hydrogen (secondary N) is 1. The lowest BCUT2D eigenvalue weighted by Crippen LogP contribution is -2.42. The van der Waals surface area contributed by atoms with Gasteiger partial charge in [0.2, 0.25) is 11.8 Å². The molecule has 160 valence electrons. The van der Waals surface area contributed by atoms with Crippen LogP contribution < -0.4 is 4.74 Å². The van der Waals surface area contributed by atoms with Crippen molar-refractivity contribution in [3.8, 4) is 5.75 Å². The summed E-state index contributed by atoms with van der Waals surface area (Å²) in [6, 6.07) is 5.20. The fourth-order valence-electron chi connectivity index (χ4n) is 3.67. The van der Waals surface area contributed by atoms with Gasteiger partial charge in [-0.05, 0) is 43.0 Å². The van der Waals surface area contributed by atoms with E-state index in [4.69, 9.17) is 16.3 Å². The van der Waals surface area contributed by atoms with E-state index in [1.54, 1.807) is 25.3 Å². The number of halogens is 1. The fraction of sp³-hybridized carbons (Fsp3) is 0.500. The Morgan fingerprint density at radius 3 is 2.87 bits per heavy atom. The molecule has 2 atom stereocenters.